The van der Waals surface area contributed by atoms with Crippen molar-refractivity contribution >= 4 is 0 Å². The molecule has 3 aromatic rings. The van der Waals surface area contributed by atoms with Crippen LogP contribution in [0.5, 0.6) is 0 Å². The number of aryl methyl sites for hydroxylation is 1. The molecule has 0 amide bonds. The predicted octanol–water partition coefficient (Wildman–Crippen LogP) is 3.35. The Balaban J connectivity index is 1.59. The van der Waals surface area contributed by atoms with Gasteiger partial charge in [0.25, 0.3) is 0 Å². The number of hydrogen-bond acceptors (Lipinski definition) is 4. The summed E-state index contributed by atoms with van der Waals surface area (Å²) in [5.74, 6) is 0. The van der Waals surface area contributed by atoms with Crippen molar-refractivity contribution in [2.75, 3.05) is 20.2 Å². The zero-order chi connectivity index (χ0) is 17.5. The van der Waals surface area contributed by atoms with E-state index in [1.165, 1.54) is 5.56 Å². The van der Waals surface area contributed by atoms with E-state index in [0.717, 1.165) is 30.2 Å². The van der Waals surface area contributed by atoms with E-state index < -0.39 is 0 Å². The Morgan fingerprint density at radius 1 is 1.12 bits per heavy atom. The molecule has 0 radical (unpaired) electrons. The van der Waals surface area contributed by atoms with Gasteiger partial charge in [-0.3, -0.25) is 15.0 Å². The molecule has 0 saturated heterocycles. The van der Waals surface area contributed by atoms with E-state index in [1.807, 2.05) is 37.3 Å². The van der Waals surface area contributed by atoms with E-state index in [2.05, 4.69) is 51.4 Å². The van der Waals surface area contributed by atoms with Gasteiger partial charge in [0.1, 0.15) is 6.10 Å². The Labute approximate surface area is 148 Å². The van der Waals surface area contributed by atoms with E-state index in [-0.39, 0.29) is 6.10 Å². The highest BCUT2D eigenvalue weighted by Crippen LogP contribution is 2.23. The van der Waals surface area contributed by atoms with Crippen molar-refractivity contribution < 1.29 is 4.74 Å². The minimum atomic E-state index is -0.229. The number of pyridine rings is 1. The van der Waals surface area contributed by atoms with Crippen LogP contribution in [0, 0.1) is 6.92 Å². The van der Waals surface area contributed by atoms with Crippen LogP contribution in [0.2, 0.25) is 0 Å². The molecule has 0 saturated carbocycles. The second kappa shape index (κ2) is 8.55. The van der Waals surface area contributed by atoms with Crippen LogP contribution in [0.3, 0.4) is 0 Å². The Bertz CT molecular complexity index is 758. The summed E-state index contributed by atoms with van der Waals surface area (Å²) in [7, 11) is 2.10. The molecule has 130 valence electrons. The first-order valence-electron chi connectivity index (χ1n) is 8.49. The standard InChI is InChI=1S/C20H24N4O/c1-16-14-19(23-22-16)20(18-10-6-7-11-21-18)25-13-12-24(2)15-17-8-4-3-5-9-17/h3-11,14,20H,12-13,15H2,1-2H3,(H,22,23). The van der Waals surface area contributed by atoms with Crippen LogP contribution >= 0.6 is 0 Å². The van der Waals surface area contributed by atoms with Crippen LogP contribution in [-0.2, 0) is 11.3 Å². The summed E-state index contributed by atoms with van der Waals surface area (Å²) in [6.07, 6.45) is 1.56. The van der Waals surface area contributed by atoms with Crippen LogP contribution < -0.4 is 0 Å². The van der Waals surface area contributed by atoms with Gasteiger partial charge in [0.2, 0.25) is 0 Å². The van der Waals surface area contributed by atoms with Crippen molar-refractivity contribution in [1.82, 2.24) is 20.1 Å². The van der Waals surface area contributed by atoms with E-state index in [4.69, 9.17) is 4.74 Å². The smallest absolute Gasteiger partial charge is 0.141 e. The second-order valence-corrected chi connectivity index (χ2v) is 6.19. The number of nitrogens with one attached hydrogen (secondary N) is 1. The van der Waals surface area contributed by atoms with Gasteiger partial charge >= 0.3 is 0 Å². The summed E-state index contributed by atoms with van der Waals surface area (Å²) >= 11 is 0. The van der Waals surface area contributed by atoms with E-state index in [9.17, 15) is 0 Å². The van der Waals surface area contributed by atoms with Gasteiger partial charge in [-0.1, -0.05) is 36.4 Å². The van der Waals surface area contributed by atoms with Gasteiger partial charge in [0.15, 0.2) is 0 Å². The van der Waals surface area contributed by atoms with E-state index >= 15 is 0 Å². The van der Waals surface area contributed by atoms with Crippen LogP contribution in [0.1, 0.15) is 28.7 Å². The van der Waals surface area contributed by atoms with Crippen LogP contribution in [-0.4, -0.2) is 40.3 Å². The Morgan fingerprint density at radius 2 is 1.92 bits per heavy atom. The fraction of sp³-hybridized carbons (Fsp3) is 0.300. The fourth-order valence-corrected chi connectivity index (χ4v) is 2.74. The molecule has 1 aromatic carbocycles. The van der Waals surface area contributed by atoms with E-state index in [1.54, 1.807) is 6.20 Å². The molecule has 0 aliphatic heterocycles. The average Bonchev–Trinajstić information content (AvgIpc) is 3.06. The zero-order valence-corrected chi connectivity index (χ0v) is 14.7. The van der Waals surface area contributed by atoms with Gasteiger partial charge in [0, 0.05) is 19.3 Å². The highest BCUT2D eigenvalue weighted by molar-refractivity contribution is 5.21. The second-order valence-electron chi connectivity index (χ2n) is 6.19. The van der Waals surface area contributed by atoms with Crippen molar-refractivity contribution in [2.24, 2.45) is 0 Å². The van der Waals surface area contributed by atoms with Crippen LogP contribution in [0.25, 0.3) is 0 Å². The summed E-state index contributed by atoms with van der Waals surface area (Å²) in [5.41, 5.74) is 4.06. The monoisotopic (exact) mass is 336 g/mol. The Kier molecular flexibility index (Phi) is 5.93. The van der Waals surface area contributed by atoms with Crippen molar-refractivity contribution in [1.29, 1.82) is 0 Å². The molecular weight excluding hydrogens is 312 g/mol. The minimum Gasteiger partial charge on any atom is -0.364 e. The lowest BCUT2D eigenvalue weighted by Gasteiger charge is -2.20. The Morgan fingerprint density at radius 3 is 2.60 bits per heavy atom. The molecule has 5 heteroatoms. The third kappa shape index (κ3) is 4.98. The first-order valence-corrected chi connectivity index (χ1v) is 8.49. The molecule has 25 heavy (non-hydrogen) atoms. The number of nitrogens with zero attached hydrogens (tertiary/aromatic N) is 3. The number of hydrogen-bond donors (Lipinski definition) is 1. The van der Waals surface area contributed by atoms with Crippen molar-refractivity contribution in [3.8, 4) is 0 Å². The van der Waals surface area contributed by atoms with Crippen LogP contribution in [0.15, 0.2) is 60.8 Å². The lowest BCUT2D eigenvalue weighted by Crippen LogP contribution is -2.24. The third-order valence-corrected chi connectivity index (χ3v) is 4.02. The average molecular weight is 336 g/mol. The third-order valence-electron chi connectivity index (χ3n) is 4.02. The number of benzene rings is 1. The Hall–Kier alpha value is -2.50. The van der Waals surface area contributed by atoms with Crippen molar-refractivity contribution in [2.45, 2.75) is 19.6 Å². The number of H-pyrrole nitrogens is 1. The van der Waals surface area contributed by atoms with Gasteiger partial charge in [-0.25, -0.2) is 0 Å². The lowest BCUT2D eigenvalue weighted by molar-refractivity contribution is 0.0587. The van der Waals surface area contributed by atoms with Gasteiger partial charge < -0.3 is 4.74 Å². The van der Waals surface area contributed by atoms with Crippen molar-refractivity contribution in [3.05, 3.63) is 83.4 Å². The van der Waals surface area contributed by atoms with Gasteiger partial charge in [-0.15, -0.1) is 0 Å². The zero-order valence-electron chi connectivity index (χ0n) is 14.7. The number of likely N-dealkylation sites (N-methyl/N-ethyl adjacent to an activating group) is 1. The molecule has 0 aliphatic rings. The molecule has 0 spiro atoms. The molecular formula is C20H24N4O. The maximum atomic E-state index is 6.16. The van der Waals surface area contributed by atoms with Crippen molar-refractivity contribution in [3.63, 3.8) is 0 Å². The molecule has 2 aromatic heterocycles. The fourth-order valence-electron chi connectivity index (χ4n) is 2.74. The molecule has 0 bridgehead atoms. The summed E-state index contributed by atoms with van der Waals surface area (Å²) in [6.45, 7) is 4.32. The number of aromatic nitrogens is 3. The van der Waals surface area contributed by atoms with E-state index in [0.29, 0.717) is 6.61 Å². The molecule has 1 atom stereocenters. The maximum absolute atomic E-state index is 6.16. The number of ether oxygens (including phenoxy) is 1. The van der Waals surface area contributed by atoms with Gasteiger partial charge in [-0.05, 0) is 37.7 Å². The molecule has 5 nitrogen and oxygen atoms in total. The lowest BCUT2D eigenvalue weighted by atomic mass is 10.1. The molecule has 0 fully saturated rings. The molecule has 3 rings (SSSR count). The summed E-state index contributed by atoms with van der Waals surface area (Å²) in [5, 5.41) is 7.27. The topological polar surface area (TPSA) is 54.0 Å². The molecule has 0 aliphatic carbocycles. The number of aromatic amines is 1. The van der Waals surface area contributed by atoms with Gasteiger partial charge in [-0.2, -0.15) is 5.10 Å². The summed E-state index contributed by atoms with van der Waals surface area (Å²) in [4.78, 5) is 6.70. The molecule has 1 unspecified atom stereocenters. The molecule has 2 heterocycles. The first kappa shape index (κ1) is 17.3. The summed E-state index contributed by atoms with van der Waals surface area (Å²) in [6, 6.07) is 18.3. The highest BCUT2D eigenvalue weighted by Gasteiger charge is 2.18. The minimum absolute atomic E-state index is 0.229. The molecule has 1 N–H and O–H groups in total. The SMILES string of the molecule is Cc1cc(C(OCCN(C)Cc2ccccc2)c2ccccn2)[nH]n1. The van der Waals surface area contributed by atoms with Crippen LogP contribution in [0.4, 0.5) is 0 Å². The first-order chi connectivity index (χ1) is 12.2. The predicted molar refractivity (Wildman–Crippen MR) is 98.1 cm³/mol. The highest BCUT2D eigenvalue weighted by atomic mass is 16.5. The normalized spacial score (nSPS) is 12.4. The maximum Gasteiger partial charge on any atom is 0.141 e. The quantitative estimate of drug-likeness (QED) is 0.685. The largest absolute Gasteiger partial charge is 0.364 e. The summed E-state index contributed by atoms with van der Waals surface area (Å²) < 4.78 is 6.16. The number of rotatable bonds is 8. The van der Waals surface area contributed by atoms with Gasteiger partial charge in [0.05, 0.1) is 23.7 Å².